The number of carboxylic acid groups (broad SMARTS) is 1. The van der Waals surface area contributed by atoms with E-state index in [0.717, 1.165) is 22.2 Å². The molecule has 0 saturated heterocycles. The molecule has 3 atom stereocenters. The fourth-order valence-electron chi connectivity index (χ4n) is 2.56. The number of hydrogen-bond acceptors (Lipinski definition) is 2. The first-order chi connectivity index (χ1) is 10.0. The number of benzene rings is 1. The number of carbonyl (C=O) groups is 1. The fourth-order valence-corrected chi connectivity index (χ4v) is 3.14. The predicted octanol–water partition coefficient (Wildman–Crippen LogP) is 4.53. The lowest BCUT2D eigenvalue weighted by Crippen LogP contribution is -2.10. The highest BCUT2D eigenvalue weighted by molar-refractivity contribution is 9.10. The third kappa shape index (κ3) is 4.73. The number of fused-ring (bicyclic) bond motifs is 1. The molecule has 3 nitrogen and oxygen atoms in total. The molecular formula is C17H23BrO3. The molecule has 0 radical (unpaired) electrons. The summed E-state index contributed by atoms with van der Waals surface area (Å²) in [6, 6.07) is 5.80. The van der Waals surface area contributed by atoms with Crippen molar-refractivity contribution >= 4 is 21.9 Å². The van der Waals surface area contributed by atoms with Gasteiger partial charge in [0.25, 0.3) is 0 Å². The maximum atomic E-state index is 10.7. The van der Waals surface area contributed by atoms with Crippen molar-refractivity contribution in [2.24, 2.45) is 17.8 Å². The van der Waals surface area contributed by atoms with Crippen LogP contribution in [0.4, 0.5) is 0 Å². The van der Waals surface area contributed by atoms with Crippen molar-refractivity contribution in [2.45, 2.75) is 39.0 Å². The first-order valence-electron chi connectivity index (χ1n) is 7.56. The molecule has 2 fully saturated rings. The van der Waals surface area contributed by atoms with E-state index in [9.17, 15) is 4.79 Å². The van der Waals surface area contributed by atoms with E-state index in [4.69, 9.17) is 9.84 Å². The van der Waals surface area contributed by atoms with Crippen LogP contribution in [-0.4, -0.2) is 18.2 Å². The van der Waals surface area contributed by atoms with Crippen molar-refractivity contribution in [3.63, 3.8) is 0 Å². The molecule has 2 saturated carbocycles. The molecule has 2 aliphatic carbocycles. The SMILES string of the molecule is C1CC2CC12.COc1ccc(CCC(C)C(=O)O)cc1Br. The lowest BCUT2D eigenvalue weighted by atomic mass is 10.0. The van der Waals surface area contributed by atoms with Crippen molar-refractivity contribution in [2.75, 3.05) is 7.11 Å². The minimum absolute atomic E-state index is 0.305. The molecule has 2 aliphatic rings. The molecule has 3 unspecified atom stereocenters. The Morgan fingerprint density at radius 3 is 2.48 bits per heavy atom. The zero-order chi connectivity index (χ0) is 15.4. The Bertz CT molecular complexity index is 489. The average molecular weight is 355 g/mol. The predicted molar refractivity (Wildman–Crippen MR) is 86.6 cm³/mol. The van der Waals surface area contributed by atoms with Gasteiger partial charge in [-0.15, -0.1) is 0 Å². The first-order valence-corrected chi connectivity index (χ1v) is 8.35. The van der Waals surface area contributed by atoms with E-state index < -0.39 is 5.97 Å². The van der Waals surface area contributed by atoms with Crippen molar-refractivity contribution in [1.82, 2.24) is 0 Å². The number of rotatable bonds is 5. The average Bonchev–Trinajstić information content (AvgIpc) is 3.03. The van der Waals surface area contributed by atoms with Gasteiger partial charge >= 0.3 is 5.97 Å². The topological polar surface area (TPSA) is 46.5 Å². The van der Waals surface area contributed by atoms with Crippen LogP contribution in [0, 0.1) is 17.8 Å². The second-order valence-corrected chi connectivity index (χ2v) is 6.93. The zero-order valence-electron chi connectivity index (χ0n) is 12.6. The zero-order valence-corrected chi connectivity index (χ0v) is 14.2. The Kier molecular flexibility index (Phi) is 5.68. The molecule has 21 heavy (non-hydrogen) atoms. The Morgan fingerprint density at radius 1 is 1.43 bits per heavy atom. The van der Waals surface area contributed by atoms with Crippen LogP contribution >= 0.6 is 15.9 Å². The van der Waals surface area contributed by atoms with Gasteiger partial charge in [0, 0.05) is 0 Å². The standard InChI is InChI=1S/C12H15BrO3.C5H8/c1-8(12(14)15)3-4-9-5-6-11(16-2)10(13)7-9;1-2-5-3-4(1)5/h5-8H,3-4H2,1-2H3,(H,14,15);4-5H,1-3H2. The Balaban J connectivity index is 0.000000262. The van der Waals surface area contributed by atoms with Crippen molar-refractivity contribution in [1.29, 1.82) is 0 Å². The highest BCUT2D eigenvalue weighted by Gasteiger charge is 2.44. The molecule has 4 heteroatoms. The number of ether oxygens (including phenoxy) is 1. The van der Waals surface area contributed by atoms with Gasteiger partial charge in [-0.3, -0.25) is 4.79 Å². The molecular weight excluding hydrogens is 332 g/mol. The van der Waals surface area contributed by atoms with Crippen LogP contribution in [0.5, 0.6) is 5.75 Å². The maximum Gasteiger partial charge on any atom is 0.306 e. The van der Waals surface area contributed by atoms with Gasteiger partial charge in [-0.05, 0) is 77.6 Å². The monoisotopic (exact) mass is 354 g/mol. The largest absolute Gasteiger partial charge is 0.496 e. The van der Waals surface area contributed by atoms with Crippen molar-refractivity contribution in [3.8, 4) is 5.75 Å². The second kappa shape index (κ2) is 7.30. The minimum atomic E-state index is -0.743. The van der Waals surface area contributed by atoms with Crippen LogP contribution in [0.15, 0.2) is 22.7 Å². The second-order valence-electron chi connectivity index (χ2n) is 6.08. The van der Waals surface area contributed by atoms with E-state index in [1.807, 2.05) is 18.2 Å². The quantitative estimate of drug-likeness (QED) is 0.844. The third-order valence-corrected chi connectivity index (χ3v) is 5.10. The molecule has 1 aromatic rings. The number of carboxylic acids is 1. The fraction of sp³-hybridized carbons (Fsp3) is 0.588. The van der Waals surface area contributed by atoms with Crippen LogP contribution in [0.2, 0.25) is 0 Å². The van der Waals surface area contributed by atoms with Gasteiger partial charge in [-0.25, -0.2) is 0 Å². The van der Waals surface area contributed by atoms with E-state index >= 15 is 0 Å². The highest BCUT2D eigenvalue weighted by atomic mass is 79.9. The molecule has 0 aromatic heterocycles. The summed E-state index contributed by atoms with van der Waals surface area (Å²) < 4.78 is 6.02. The Morgan fingerprint density at radius 2 is 2.10 bits per heavy atom. The normalized spacial score (nSPS) is 23.0. The number of aryl methyl sites for hydroxylation is 1. The van der Waals surface area contributed by atoms with Gasteiger partial charge in [0.15, 0.2) is 0 Å². The summed E-state index contributed by atoms with van der Waals surface area (Å²) >= 11 is 3.40. The van der Waals surface area contributed by atoms with Crippen LogP contribution in [0.3, 0.4) is 0 Å². The lowest BCUT2D eigenvalue weighted by molar-refractivity contribution is -0.141. The molecule has 0 spiro atoms. The summed E-state index contributed by atoms with van der Waals surface area (Å²) in [6.45, 7) is 1.72. The van der Waals surface area contributed by atoms with E-state index in [-0.39, 0.29) is 5.92 Å². The highest BCUT2D eigenvalue weighted by Crippen LogP contribution is 2.55. The Labute approximate surface area is 134 Å². The number of hydrogen-bond donors (Lipinski definition) is 1. The smallest absolute Gasteiger partial charge is 0.306 e. The number of halogens is 1. The molecule has 0 bridgehead atoms. The summed E-state index contributed by atoms with van der Waals surface area (Å²) in [5, 5.41) is 8.77. The molecule has 1 aromatic carbocycles. The van der Waals surface area contributed by atoms with Crippen LogP contribution in [0.1, 0.15) is 38.2 Å². The summed E-state index contributed by atoms with van der Waals surface area (Å²) in [4.78, 5) is 10.7. The van der Waals surface area contributed by atoms with Crippen molar-refractivity contribution in [3.05, 3.63) is 28.2 Å². The summed E-state index contributed by atoms with van der Waals surface area (Å²) in [7, 11) is 1.62. The van der Waals surface area contributed by atoms with Crippen LogP contribution in [-0.2, 0) is 11.2 Å². The molecule has 0 aliphatic heterocycles. The van der Waals surface area contributed by atoms with Crippen LogP contribution in [0.25, 0.3) is 0 Å². The minimum Gasteiger partial charge on any atom is -0.496 e. The molecule has 0 amide bonds. The lowest BCUT2D eigenvalue weighted by Gasteiger charge is -2.08. The van der Waals surface area contributed by atoms with Crippen LogP contribution < -0.4 is 4.74 Å². The van der Waals surface area contributed by atoms with Gasteiger partial charge in [0.2, 0.25) is 0 Å². The molecule has 116 valence electrons. The summed E-state index contributed by atoms with van der Waals surface area (Å²) in [5.41, 5.74) is 1.11. The van der Waals surface area contributed by atoms with Gasteiger partial charge in [-0.2, -0.15) is 0 Å². The maximum absolute atomic E-state index is 10.7. The van der Waals surface area contributed by atoms with Gasteiger partial charge in [-0.1, -0.05) is 13.0 Å². The molecule has 1 N–H and O–H groups in total. The summed E-state index contributed by atoms with van der Waals surface area (Å²) in [5.74, 6) is 2.20. The number of aliphatic carboxylic acids is 1. The van der Waals surface area contributed by atoms with E-state index in [1.54, 1.807) is 33.3 Å². The van der Waals surface area contributed by atoms with Gasteiger partial charge in [0.1, 0.15) is 5.75 Å². The van der Waals surface area contributed by atoms with Gasteiger partial charge < -0.3 is 9.84 Å². The van der Waals surface area contributed by atoms with E-state index in [1.165, 1.54) is 11.8 Å². The van der Waals surface area contributed by atoms with Crippen molar-refractivity contribution < 1.29 is 14.6 Å². The number of methoxy groups -OCH3 is 1. The molecule has 3 rings (SSSR count). The summed E-state index contributed by atoms with van der Waals surface area (Å²) in [6.07, 6.45) is 6.11. The Hall–Kier alpha value is -1.03. The van der Waals surface area contributed by atoms with E-state index in [2.05, 4.69) is 15.9 Å². The molecule has 0 heterocycles. The first kappa shape index (κ1) is 16.3. The van der Waals surface area contributed by atoms with Gasteiger partial charge in [0.05, 0.1) is 17.5 Å². The van der Waals surface area contributed by atoms with E-state index in [0.29, 0.717) is 6.42 Å². The third-order valence-electron chi connectivity index (χ3n) is 4.48.